The summed E-state index contributed by atoms with van der Waals surface area (Å²) in [7, 11) is 1.68. The number of carbonyl (C=O) groups excluding carboxylic acids is 1. The monoisotopic (exact) mass is 450 g/mol. The Kier molecular flexibility index (Phi) is 7.08. The molecule has 1 aliphatic rings. The van der Waals surface area contributed by atoms with Gasteiger partial charge in [-0.2, -0.15) is 5.10 Å². The average Bonchev–Trinajstić information content (AvgIpc) is 3.12. The molecular weight excluding hydrogens is 419 g/mol. The van der Waals surface area contributed by atoms with Crippen LogP contribution in [0.15, 0.2) is 48.5 Å². The fourth-order valence-electron chi connectivity index (χ4n) is 4.33. The van der Waals surface area contributed by atoms with Crippen LogP contribution in [0.1, 0.15) is 22.5 Å². The summed E-state index contributed by atoms with van der Waals surface area (Å²) in [5, 5.41) is 4.59. The van der Waals surface area contributed by atoms with Crippen molar-refractivity contribution in [1.82, 2.24) is 19.6 Å². The van der Waals surface area contributed by atoms with Crippen LogP contribution in [0.25, 0.3) is 5.69 Å². The lowest BCUT2D eigenvalue weighted by Gasteiger charge is -2.34. The lowest BCUT2D eigenvalue weighted by atomic mass is 10.1. The molecule has 4 rings (SSSR count). The van der Waals surface area contributed by atoms with Crippen LogP contribution >= 0.6 is 0 Å². The Hall–Kier alpha value is -3.19. The van der Waals surface area contributed by atoms with Crippen molar-refractivity contribution < 1.29 is 13.9 Å². The highest BCUT2D eigenvalue weighted by Gasteiger charge is 2.23. The van der Waals surface area contributed by atoms with Crippen LogP contribution in [-0.2, 0) is 17.6 Å². The molecule has 0 radical (unpaired) electrons. The molecule has 0 N–H and O–H groups in total. The first-order valence-electron chi connectivity index (χ1n) is 11.4. The minimum atomic E-state index is -0.279. The van der Waals surface area contributed by atoms with Crippen molar-refractivity contribution in [2.24, 2.45) is 0 Å². The second kappa shape index (κ2) is 10.2. The van der Waals surface area contributed by atoms with Gasteiger partial charge >= 0.3 is 0 Å². The molecule has 0 bridgehead atoms. The van der Waals surface area contributed by atoms with Gasteiger partial charge in [0.05, 0.1) is 24.9 Å². The summed E-state index contributed by atoms with van der Waals surface area (Å²) >= 11 is 0. The summed E-state index contributed by atoms with van der Waals surface area (Å²) in [6.45, 7) is 8.12. The predicted molar refractivity (Wildman–Crippen MR) is 126 cm³/mol. The van der Waals surface area contributed by atoms with Crippen molar-refractivity contribution in [2.75, 3.05) is 39.8 Å². The number of carbonyl (C=O) groups is 1. The number of aromatic nitrogens is 2. The van der Waals surface area contributed by atoms with Crippen molar-refractivity contribution in [2.45, 2.75) is 26.7 Å². The molecule has 2 heterocycles. The highest BCUT2D eigenvalue weighted by atomic mass is 19.1. The van der Waals surface area contributed by atoms with Crippen LogP contribution in [0.4, 0.5) is 4.39 Å². The van der Waals surface area contributed by atoms with Gasteiger partial charge < -0.3 is 9.64 Å². The molecule has 1 fully saturated rings. The van der Waals surface area contributed by atoms with Crippen molar-refractivity contribution >= 4 is 5.91 Å². The molecule has 2 aromatic carbocycles. The third-order valence-electron chi connectivity index (χ3n) is 6.44. The number of piperazine rings is 1. The summed E-state index contributed by atoms with van der Waals surface area (Å²) in [5.74, 6) is 0.730. The van der Waals surface area contributed by atoms with Gasteiger partial charge in [0.25, 0.3) is 0 Å². The lowest BCUT2D eigenvalue weighted by Crippen LogP contribution is -2.49. The molecule has 1 saturated heterocycles. The number of aryl methyl sites for hydroxylation is 1. The zero-order valence-electron chi connectivity index (χ0n) is 19.6. The third-order valence-corrected chi connectivity index (χ3v) is 6.44. The van der Waals surface area contributed by atoms with Gasteiger partial charge in [0.2, 0.25) is 5.91 Å². The van der Waals surface area contributed by atoms with Crippen molar-refractivity contribution in [3.05, 3.63) is 76.9 Å². The summed E-state index contributed by atoms with van der Waals surface area (Å²) in [6, 6.07) is 14.4. The molecule has 0 atom stereocenters. The number of halogens is 1. The number of hydrogen-bond donors (Lipinski definition) is 0. The fourth-order valence-corrected chi connectivity index (χ4v) is 4.33. The van der Waals surface area contributed by atoms with Crippen LogP contribution in [0.2, 0.25) is 0 Å². The zero-order valence-corrected chi connectivity index (χ0v) is 19.6. The minimum absolute atomic E-state index is 0.134. The molecule has 0 saturated carbocycles. The Morgan fingerprint density at radius 3 is 2.30 bits per heavy atom. The Morgan fingerprint density at radius 1 is 1.00 bits per heavy atom. The van der Waals surface area contributed by atoms with Gasteiger partial charge in [-0.1, -0.05) is 12.1 Å². The SMILES string of the molecule is COc1ccc(CCN2CCN(C(=O)Cc3c(C)nn(-c4ccc(F)cc4)c3C)CC2)cc1. The van der Waals surface area contributed by atoms with E-state index < -0.39 is 0 Å². The van der Waals surface area contributed by atoms with Crippen molar-refractivity contribution in [3.8, 4) is 11.4 Å². The highest BCUT2D eigenvalue weighted by Crippen LogP contribution is 2.20. The van der Waals surface area contributed by atoms with E-state index in [0.717, 1.165) is 67.5 Å². The maximum atomic E-state index is 13.3. The summed E-state index contributed by atoms with van der Waals surface area (Å²) in [6.07, 6.45) is 1.32. The number of nitrogens with zero attached hydrogens (tertiary/aromatic N) is 4. The summed E-state index contributed by atoms with van der Waals surface area (Å²) < 4.78 is 20.3. The smallest absolute Gasteiger partial charge is 0.227 e. The minimum Gasteiger partial charge on any atom is -0.497 e. The molecule has 1 aliphatic heterocycles. The number of rotatable bonds is 7. The van der Waals surface area contributed by atoms with Crippen LogP contribution in [0.5, 0.6) is 5.75 Å². The molecule has 174 valence electrons. The Labute approximate surface area is 194 Å². The van der Waals surface area contributed by atoms with Gasteiger partial charge in [0.15, 0.2) is 0 Å². The van der Waals surface area contributed by atoms with E-state index in [1.807, 2.05) is 30.9 Å². The maximum Gasteiger partial charge on any atom is 0.227 e. The van der Waals surface area contributed by atoms with Crippen molar-refractivity contribution in [1.29, 1.82) is 0 Å². The molecule has 0 spiro atoms. The van der Waals surface area contributed by atoms with Gasteiger partial charge in [-0.15, -0.1) is 0 Å². The molecule has 0 unspecified atom stereocenters. The number of benzene rings is 2. The van der Waals surface area contributed by atoms with Crippen LogP contribution in [-0.4, -0.2) is 65.3 Å². The summed E-state index contributed by atoms with van der Waals surface area (Å²) in [4.78, 5) is 17.4. The van der Waals surface area contributed by atoms with Gasteiger partial charge in [-0.25, -0.2) is 9.07 Å². The molecule has 7 heteroatoms. The van der Waals surface area contributed by atoms with Gasteiger partial charge in [0.1, 0.15) is 11.6 Å². The average molecular weight is 451 g/mol. The summed E-state index contributed by atoms with van der Waals surface area (Å²) in [5.41, 5.74) is 4.79. The van der Waals surface area contributed by atoms with Crippen LogP contribution in [0.3, 0.4) is 0 Å². The molecule has 1 aromatic heterocycles. The zero-order chi connectivity index (χ0) is 23.4. The van der Waals surface area contributed by atoms with Gasteiger partial charge in [-0.3, -0.25) is 9.69 Å². The Balaban J connectivity index is 1.30. The lowest BCUT2D eigenvalue weighted by molar-refractivity contribution is -0.132. The second-order valence-corrected chi connectivity index (χ2v) is 8.53. The molecule has 3 aromatic rings. The predicted octanol–water partition coefficient (Wildman–Crippen LogP) is 3.57. The van der Waals surface area contributed by atoms with E-state index in [1.165, 1.54) is 17.7 Å². The van der Waals surface area contributed by atoms with Crippen LogP contribution in [0, 0.1) is 19.7 Å². The molecule has 1 amide bonds. The van der Waals surface area contributed by atoms with E-state index >= 15 is 0 Å². The second-order valence-electron chi connectivity index (χ2n) is 8.53. The van der Waals surface area contributed by atoms with E-state index in [9.17, 15) is 9.18 Å². The maximum absolute atomic E-state index is 13.3. The molecule has 6 nitrogen and oxygen atoms in total. The fraction of sp³-hybridized carbons (Fsp3) is 0.385. The number of methoxy groups -OCH3 is 1. The number of amides is 1. The van der Waals surface area contributed by atoms with E-state index in [0.29, 0.717) is 6.42 Å². The van der Waals surface area contributed by atoms with Crippen molar-refractivity contribution in [3.63, 3.8) is 0 Å². The highest BCUT2D eigenvalue weighted by molar-refractivity contribution is 5.79. The normalized spacial score (nSPS) is 14.5. The first kappa shape index (κ1) is 23.0. The largest absolute Gasteiger partial charge is 0.497 e. The van der Waals surface area contributed by atoms with E-state index in [2.05, 4.69) is 22.1 Å². The van der Waals surface area contributed by atoms with Gasteiger partial charge in [-0.05, 0) is 62.2 Å². The van der Waals surface area contributed by atoms with E-state index in [1.54, 1.807) is 23.9 Å². The number of hydrogen-bond acceptors (Lipinski definition) is 4. The van der Waals surface area contributed by atoms with Gasteiger partial charge in [0, 0.05) is 44.0 Å². The Morgan fingerprint density at radius 2 is 1.67 bits per heavy atom. The quantitative estimate of drug-likeness (QED) is 0.552. The molecule has 33 heavy (non-hydrogen) atoms. The Bertz CT molecular complexity index is 1080. The topological polar surface area (TPSA) is 50.6 Å². The van der Waals surface area contributed by atoms with E-state index in [-0.39, 0.29) is 11.7 Å². The van der Waals surface area contributed by atoms with Crippen LogP contribution < -0.4 is 4.74 Å². The van der Waals surface area contributed by atoms with E-state index in [4.69, 9.17) is 4.74 Å². The first-order valence-corrected chi connectivity index (χ1v) is 11.4. The molecule has 0 aliphatic carbocycles. The molecular formula is C26H31FN4O2. The standard InChI is InChI=1S/C26H31FN4O2/c1-19-25(20(2)31(28-19)23-8-6-22(27)7-9-23)18-26(32)30-16-14-29(15-17-30)13-12-21-4-10-24(33-3)11-5-21/h4-11H,12-18H2,1-3H3. The first-order chi connectivity index (χ1) is 15.9. The third kappa shape index (κ3) is 5.42. The number of ether oxygens (including phenoxy) is 1.